The van der Waals surface area contributed by atoms with Gasteiger partial charge in [0.1, 0.15) is 0 Å². The summed E-state index contributed by atoms with van der Waals surface area (Å²) in [5.74, 6) is 0. The highest BCUT2D eigenvalue weighted by Crippen LogP contribution is 2.37. The van der Waals surface area contributed by atoms with Crippen molar-refractivity contribution in [2.45, 2.75) is 39.3 Å². The lowest BCUT2D eigenvalue weighted by atomic mass is 9.84. The zero-order valence-electron chi connectivity index (χ0n) is 11.4. The van der Waals surface area contributed by atoms with Gasteiger partial charge in [-0.3, -0.25) is 4.98 Å². The van der Waals surface area contributed by atoms with Crippen LogP contribution in [-0.2, 0) is 11.6 Å². The highest BCUT2D eigenvalue weighted by atomic mass is 19.4. The Morgan fingerprint density at radius 2 is 1.63 bits per heavy atom. The van der Waals surface area contributed by atoms with E-state index in [0.29, 0.717) is 11.1 Å². The first-order chi connectivity index (χ1) is 8.60. The maximum absolute atomic E-state index is 13.0. The fraction of sp³-hybridized carbons (Fsp3) is 0.400. The van der Waals surface area contributed by atoms with E-state index in [1.54, 1.807) is 13.0 Å². The average Bonchev–Trinajstić information content (AvgIpc) is 2.24. The van der Waals surface area contributed by atoms with Gasteiger partial charge in [0.15, 0.2) is 0 Å². The summed E-state index contributed by atoms with van der Waals surface area (Å²) >= 11 is 0. The summed E-state index contributed by atoms with van der Waals surface area (Å²) in [6.07, 6.45) is -4.38. The average molecular weight is 267 g/mol. The second kappa shape index (κ2) is 4.22. The van der Waals surface area contributed by atoms with Gasteiger partial charge in [0.05, 0.1) is 11.1 Å². The van der Waals surface area contributed by atoms with Gasteiger partial charge in [-0.25, -0.2) is 0 Å². The number of rotatable bonds is 0. The Morgan fingerprint density at radius 1 is 1.00 bits per heavy atom. The van der Waals surface area contributed by atoms with Crippen molar-refractivity contribution in [3.8, 4) is 0 Å². The minimum absolute atomic E-state index is 0.0416. The fourth-order valence-corrected chi connectivity index (χ4v) is 2.23. The maximum atomic E-state index is 13.0. The van der Waals surface area contributed by atoms with Crippen molar-refractivity contribution >= 4 is 10.9 Å². The molecule has 0 unspecified atom stereocenters. The molecule has 1 aromatic carbocycles. The lowest BCUT2D eigenvalue weighted by Gasteiger charge is -2.22. The van der Waals surface area contributed by atoms with Crippen LogP contribution in [0, 0.1) is 6.92 Å². The Kier molecular flexibility index (Phi) is 3.07. The molecule has 0 aliphatic rings. The molecule has 0 saturated heterocycles. The zero-order chi connectivity index (χ0) is 14.4. The molecule has 0 saturated carbocycles. The predicted octanol–water partition coefficient (Wildman–Crippen LogP) is 4.86. The first-order valence-corrected chi connectivity index (χ1v) is 6.09. The Morgan fingerprint density at radius 3 is 2.16 bits per heavy atom. The molecule has 0 atom stereocenters. The van der Waals surface area contributed by atoms with E-state index in [1.807, 2.05) is 26.8 Å². The third-order valence-corrected chi connectivity index (χ3v) is 3.08. The van der Waals surface area contributed by atoms with Crippen LogP contribution in [0.3, 0.4) is 0 Å². The van der Waals surface area contributed by atoms with Crippen LogP contribution in [-0.4, -0.2) is 4.98 Å². The summed E-state index contributed by atoms with van der Waals surface area (Å²) < 4.78 is 39.1. The van der Waals surface area contributed by atoms with Crippen LogP contribution in [0.5, 0.6) is 0 Å². The Balaban J connectivity index is 2.90. The molecule has 2 rings (SSSR count). The van der Waals surface area contributed by atoms with Gasteiger partial charge in [0.25, 0.3) is 0 Å². The van der Waals surface area contributed by atoms with Crippen molar-refractivity contribution in [3.63, 3.8) is 0 Å². The van der Waals surface area contributed by atoms with Crippen LogP contribution in [0.1, 0.15) is 37.6 Å². The number of halogens is 3. The predicted molar refractivity (Wildman–Crippen MR) is 70.2 cm³/mol. The summed E-state index contributed by atoms with van der Waals surface area (Å²) in [5, 5.41) is 0.577. The van der Waals surface area contributed by atoms with Crippen molar-refractivity contribution < 1.29 is 13.2 Å². The molecule has 0 radical (unpaired) electrons. The van der Waals surface area contributed by atoms with Crippen molar-refractivity contribution in [3.05, 3.63) is 41.1 Å². The lowest BCUT2D eigenvalue weighted by molar-refractivity contribution is -0.136. The quantitative estimate of drug-likeness (QED) is 0.664. The molecular formula is C15H16F3N. The number of aromatic nitrogens is 1. The third-order valence-electron chi connectivity index (χ3n) is 3.08. The van der Waals surface area contributed by atoms with Gasteiger partial charge < -0.3 is 0 Å². The normalized spacial score (nSPS) is 13.0. The Hall–Kier alpha value is -1.58. The Bertz CT molecular complexity index is 622. The van der Waals surface area contributed by atoms with Crippen molar-refractivity contribution in [2.24, 2.45) is 0 Å². The molecular weight excluding hydrogens is 251 g/mol. The van der Waals surface area contributed by atoms with E-state index < -0.39 is 11.7 Å². The largest absolute Gasteiger partial charge is 0.418 e. The number of hydrogen-bond acceptors (Lipinski definition) is 1. The maximum Gasteiger partial charge on any atom is 0.418 e. The molecule has 0 bridgehead atoms. The van der Waals surface area contributed by atoms with E-state index in [1.165, 1.54) is 6.07 Å². The van der Waals surface area contributed by atoms with Gasteiger partial charge in [-0.05, 0) is 30.0 Å². The molecule has 0 fully saturated rings. The number of pyridine rings is 1. The summed E-state index contributed by atoms with van der Waals surface area (Å²) in [4.78, 5) is 4.10. The van der Waals surface area contributed by atoms with E-state index in [4.69, 9.17) is 0 Å². The van der Waals surface area contributed by atoms with E-state index in [0.717, 1.165) is 11.6 Å². The van der Waals surface area contributed by atoms with Crippen LogP contribution in [0.4, 0.5) is 13.2 Å². The van der Waals surface area contributed by atoms with Crippen LogP contribution in [0.2, 0.25) is 0 Å². The van der Waals surface area contributed by atoms with E-state index in [-0.39, 0.29) is 10.9 Å². The van der Waals surface area contributed by atoms with E-state index in [9.17, 15) is 13.2 Å². The zero-order valence-corrected chi connectivity index (χ0v) is 11.4. The van der Waals surface area contributed by atoms with Gasteiger partial charge in [-0.2, -0.15) is 13.2 Å². The molecule has 4 heteroatoms. The summed E-state index contributed by atoms with van der Waals surface area (Å²) in [6, 6.07) is 6.10. The standard InChI is InChI=1S/C15H16F3N/c1-9-8-12(14(2,3)4)10-6-5-7-11(13(10)19-9)15(16,17)18/h5-8H,1-4H3. The van der Waals surface area contributed by atoms with Crippen LogP contribution < -0.4 is 0 Å². The van der Waals surface area contributed by atoms with Crippen LogP contribution >= 0.6 is 0 Å². The summed E-state index contributed by atoms with van der Waals surface area (Å²) in [7, 11) is 0. The molecule has 1 heterocycles. The molecule has 102 valence electrons. The number of para-hydroxylation sites is 1. The number of benzene rings is 1. The topological polar surface area (TPSA) is 12.9 Å². The minimum Gasteiger partial charge on any atom is -0.252 e. The molecule has 19 heavy (non-hydrogen) atoms. The van der Waals surface area contributed by atoms with Gasteiger partial charge in [0, 0.05) is 11.1 Å². The molecule has 0 aliphatic heterocycles. The Labute approximate surface area is 110 Å². The number of hydrogen-bond donors (Lipinski definition) is 0. The highest BCUT2D eigenvalue weighted by Gasteiger charge is 2.34. The second-order valence-electron chi connectivity index (χ2n) is 5.76. The van der Waals surface area contributed by atoms with Crippen LogP contribution in [0.15, 0.2) is 24.3 Å². The summed E-state index contributed by atoms with van der Waals surface area (Å²) in [6.45, 7) is 7.69. The molecule has 1 aromatic heterocycles. The summed E-state index contributed by atoms with van der Waals surface area (Å²) in [5.41, 5.74) is 0.644. The van der Waals surface area contributed by atoms with Gasteiger partial charge in [-0.1, -0.05) is 32.9 Å². The van der Waals surface area contributed by atoms with Gasteiger partial charge in [0.2, 0.25) is 0 Å². The van der Waals surface area contributed by atoms with Gasteiger partial charge >= 0.3 is 6.18 Å². The molecule has 0 aliphatic carbocycles. The SMILES string of the molecule is Cc1cc(C(C)(C)C)c2cccc(C(F)(F)F)c2n1. The van der Waals surface area contributed by atoms with Crippen molar-refractivity contribution in [1.82, 2.24) is 4.98 Å². The van der Waals surface area contributed by atoms with Crippen molar-refractivity contribution in [2.75, 3.05) is 0 Å². The molecule has 0 spiro atoms. The minimum atomic E-state index is -4.38. The van der Waals surface area contributed by atoms with Crippen molar-refractivity contribution in [1.29, 1.82) is 0 Å². The smallest absolute Gasteiger partial charge is 0.252 e. The third kappa shape index (κ3) is 2.57. The van der Waals surface area contributed by atoms with Gasteiger partial charge in [-0.15, -0.1) is 0 Å². The number of nitrogens with zero attached hydrogens (tertiary/aromatic N) is 1. The lowest BCUT2D eigenvalue weighted by Crippen LogP contribution is -2.14. The van der Waals surface area contributed by atoms with E-state index in [2.05, 4.69) is 4.98 Å². The number of aryl methyl sites for hydroxylation is 1. The monoisotopic (exact) mass is 267 g/mol. The van der Waals surface area contributed by atoms with E-state index >= 15 is 0 Å². The second-order valence-corrected chi connectivity index (χ2v) is 5.76. The van der Waals surface area contributed by atoms with Crippen LogP contribution in [0.25, 0.3) is 10.9 Å². The molecule has 0 N–H and O–H groups in total. The highest BCUT2D eigenvalue weighted by molar-refractivity contribution is 5.86. The number of fused-ring (bicyclic) bond motifs is 1. The first-order valence-electron chi connectivity index (χ1n) is 6.09. The molecule has 1 nitrogen and oxygen atoms in total. The number of alkyl halides is 3. The molecule has 2 aromatic rings. The molecule has 0 amide bonds. The first kappa shape index (κ1) is 13.8. The fourth-order valence-electron chi connectivity index (χ4n) is 2.23.